The van der Waals surface area contributed by atoms with Gasteiger partial charge in [0, 0.05) is 19.6 Å². The van der Waals surface area contributed by atoms with Gasteiger partial charge >= 0.3 is 12.1 Å². The Morgan fingerprint density at radius 3 is 2.37 bits per heavy atom. The summed E-state index contributed by atoms with van der Waals surface area (Å²) >= 11 is 0. The number of ether oxygens (including phenoxy) is 3. The van der Waals surface area contributed by atoms with Crippen molar-refractivity contribution in [3.63, 3.8) is 0 Å². The van der Waals surface area contributed by atoms with Crippen LogP contribution in [-0.4, -0.2) is 61.1 Å². The number of aliphatic carboxylic acids is 1. The Kier molecular flexibility index (Phi) is 12.4. The third-order valence-corrected chi connectivity index (χ3v) is 6.27. The predicted molar refractivity (Wildman–Crippen MR) is 137 cm³/mol. The van der Waals surface area contributed by atoms with E-state index in [4.69, 9.17) is 14.2 Å². The van der Waals surface area contributed by atoms with Crippen LogP contribution in [0.4, 0.5) is 4.79 Å². The number of amides is 1. The minimum atomic E-state index is -0.964. The molecular weight excluding hydrogens is 446 g/mol. The fourth-order valence-corrected chi connectivity index (χ4v) is 4.34. The van der Waals surface area contributed by atoms with Crippen LogP contribution in [0.5, 0.6) is 5.75 Å². The fourth-order valence-electron chi connectivity index (χ4n) is 4.34. The number of carbonyl (C=O) groups excluding carboxylic acids is 1. The Morgan fingerprint density at radius 1 is 1.09 bits per heavy atom. The number of carbonyl (C=O) groups is 2. The number of rotatable bonds is 14. The summed E-state index contributed by atoms with van der Waals surface area (Å²) < 4.78 is 16.7. The molecule has 0 spiro atoms. The molecule has 7 nitrogen and oxygen atoms in total. The largest absolute Gasteiger partial charge is 0.492 e. The normalized spacial score (nSPS) is 15.4. The minimum Gasteiger partial charge on any atom is -0.492 e. The first-order chi connectivity index (χ1) is 16.7. The summed E-state index contributed by atoms with van der Waals surface area (Å²) in [4.78, 5) is 25.8. The lowest BCUT2D eigenvalue weighted by molar-refractivity contribution is -0.149. The van der Waals surface area contributed by atoms with Gasteiger partial charge in [-0.3, -0.25) is 0 Å². The second-order valence-corrected chi connectivity index (χ2v) is 10.7. The molecule has 35 heavy (non-hydrogen) atoms. The van der Waals surface area contributed by atoms with Crippen LogP contribution in [-0.2, 0) is 20.7 Å². The summed E-state index contributed by atoms with van der Waals surface area (Å²) in [5, 5.41) is 9.26. The van der Waals surface area contributed by atoms with Gasteiger partial charge in [0.05, 0.1) is 13.2 Å². The van der Waals surface area contributed by atoms with E-state index < -0.39 is 12.1 Å². The molecule has 7 heteroatoms. The summed E-state index contributed by atoms with van der Waals surface area (Å²) in [5.41, 5.74) is 0.789. The molecule has 1 fully saturated rings. The van der Waals surface area contributed by atoms with Gasteiger partial charge in [0.1, 0.15) is 12.4 Å². The molecule has 1 aromatic rings. The zero-order chi connectivity index (χ0) is 25.7. The Morgan fingerprint density at radius 2 is 1.77 bits per heavy atom. The fraction of sp³-hybridized carbons (Fsp3) is 0.714. The molecular formula is C28H45NO6. The lowest BCUT2D eigenvalue weighted by Gasteiger charge is -2.26. The van der Waals surface area contributed by atoms with Gasteiger partial charge in [-0.1, -0.05) is 65.0 Å². The highest BCUT2D eigenvalue weighted by Crippen LogP contribution is 2.27. The Labute approximate surface area is 211 Å². The molecule has 1 amide bonds. The summed E-state index contributed by atoms with van der Waals surface area (Å²) in [6, 6.07) is 7.35. The summed E-state index contributed by atoms with van der Waals surface area (Å²) in [6.45, 7) is 10.2. The highest BCUT2D eigenvalue weighted by atomic mass is 16.6. The number of carboxylic acids is 1. The number of hydrogen-bond donors (Lipinski definition) is 1. The van der Waals surface area contributed by atoms with Crippen LogP contribution in [0.1, 0.15) is 78.2 Å². The third-order valence-electron chi connectivity index (χ3n) is 6.27. The van der Waals surface area contributed by atoms with Crippen LogP contribution in [0, 0.1) is 11.3 Å². The van der Waals surface area contributed by atoms with Crippen molar-refractivity contribution in [2.75, 3.05) is 32.9 Å². The van der Waals surface area contributed by atoms with Crippen molar-refractivity contribution in [3.8, 4) is 5.75 Å². The van der Waals surface area contributed by atoms with E-state index in [2.05, 4.69) is 0 Å². The standard InChI is InChI=1S/C28H45NO6/c1-5-33-25(26(30)31)20-23-13-15-24(16-14-23)34-19-18-29(27(32)35-21-28(2,3)4)17-9-12-22-10-7-6-8-11-22/h13-16,22,25H,5-12,17-21H2,1-4H3,(H,30,31). The lowest BCUT2D eigenvalue weighted by Crippen LogP contribution is -2.37. The van der Waals surface area contributed by atoms with Gasteiger partial charge in [-0.2, -0.15) is 0 Å². The molecule has 1 aromatic carbocycles. The van der Waals surface area contributed by atoms with Crippen molar-refractivity contribution in [1.29, 1.82) is 0 Å². The second-order valence-electron chi connectivity index (χ2n) is 10.7. The first kappa shape index (κ1) is 29.0. The topological polar surface area (TPSA) is 85.3 Å². The van der Waals surface area contributed by atoms with Gasteiger partial charge in [0.25, 0.3) is 0 Å². The minimum absolute atomic E-state index is 0.0799. The summed E-state index contributed by atoms with van der Waals surface area (Å²) in [7, 11) is 0. The average Bonchev–Trinajstić information content (AvgIpc) is 2.82. The van der Waals surface area contributed by atoms with Gasteiger partial charge in [0.15, 0.2) is 6.10 Å². The molecule has 0 bridgehead atoms. The maximum atomic E-state index is 12.8. The molecule has 0 radical (unpaired) electrons. The first-order valence-corrected chi connectivity index (χ1v) is 13.2. The van der Waals surface area contributed by atoms with Crippen LogP contribution in [0.25, 0.3) is 0 Å². The molecule has 2 rings (SSSR count). The molecule has 1 aliphatic carbocycles. The van der Waals surface area contributed by atoms with Crippen molar-refractivity contribution in [2.45, 2.75) is 85.2 Å². The van der Waals surface area contributed by atoms with E-state index in [1.54, 1.807) is 11.8 Å². The van der Waals surface area contributed by atoms with Crippen molar-refractivity contribution in [3.05, 3.63) is 29.8 Å². The van der Waals surface area contributed by atoms with E-state index in [9.17, 15) is 14.7 Å². The molecule has 0 saturated heterocycles. The van der Waals surface area contributed by atoms with Crippen molar-refractivity contribution < 1.29 is 28.9 Å². The molecule has 1 N–H and O–H groups in total. The first-order valence-electron chi connectivity index (χ1n) is 13.2. The highest BCUT2D eigenvalue weighted by Gasteiger charge is 2.21. The second kappa shape index (κ2) is 15.0. The smallest absolute Gasteiger partial charge is 0.409 e. The van der Waals surface area contributed by atoms with Crippen molar-refractivity contribution in [1.82, 2.24) is 4.90 Å². The zero-order valence-corrected chi connectivity index (χ0v) is 22.1. The molecule has 0 aromatic heterocycles. The van der Waals surface area contributed by atoms with E-state index in [1.165, 1.54) is 32.1 Å². The van der Waals surface area contributed by atoms with Crippen LogP contribution < -0.4 is 4.74 Å². The average molecular weight is 492 g/mol. The van der Waals surface area contributed by atoms with E-state index in [-0.39, 0.29) is 11.5 Å². The van der Waals surface area contributed by atoms with Gasteiger partial charge in [-0.25, -0.2) is 9.59 Å². The Balaban J connectivity index is 1.85. The third kappa shape index (κ3) is 11.8. The van der Waals surface area contributed by atoms with Gasteiger partial charge in [-0.15, -0.1) is 0 Å². The maximum Gasteiger partial charge on any atom is 0.409 e. The Bertz CT molecular complexity index is 752. The Hall–Kier alpha value is -2.28. The van der Waals surface area contributed by atoms with Gasteiger partial charge in [-0.05, 0) is 48.8 Å². The monoisotopic (exact) mass is 491 g/mol. The van der Waals surface area contributed by atoms with Crippen molar-refractivity contribution >= 4 is 12.1 Å². The van der Waals surface area contributed by atoms with Crippen LogP contribution in [0.3, 0.4) is 0 Å². The summed E-state index contributed by atoms with van der Waals surface area (Å²) in [6.07, 6.45) is 7.94. The van der Waals surface area contributed by atoms with Crippen LogP contribution >= 0.6 is 0 Å². The summed E-state index contributed by atoms with van der Waals surface area (Å²) in [5.74, 6) is 0.505. The zero-order valence-electron chi connectivity index (χ0n) is 22.1. The molecule has 1 unspecified atom stereocenters. The van der Waals surface area contributed by atoms with Gasteiger partial charge < -0.3 is 24.2 Å². The molecule has 1 atom stereocenters. The van der Waals surface area contributed by atoms with E-state index in [0.717, 1.165) is 24.3 Å². The molecule has 1 saturated carbocycles. The molecule has 1 aliphatic rings. The SMILES string of the molecule is CCOC(Cc1ccc(OCCN(CCCC2CCCCC2)C(=O)OCC(C)(C)C)cc1)C(=O)O. The van der Waals surface area contributed by atoms with E-state index in [1.807, 2.05) is 45.0 Å². The number of hydrogen-bond acceptors (Lipinski definition) is 5. The lowest BCUT2D eigenvalue weighted by atomic mass is 9.86. The number of carboxylic acid groups (broad SMARTS) is 1. The molecule has 0 heterocycles. The number of nitrogens with zero attached hydrogens (tertiary/aromatic N) is 1. The maximum absolute atomic E-state index is 12.8. The van der Waals surface area contributed by atoms with Crippen molar-refractivity contribution in [2.24, 2.45) is 11.3 Å². The quantitative estimate of drug-likeness (QED) is 0.346. The van der Waals surface area contributed by atoms with Gasteiger partial charge in [0.2, 0.25) is 0 Å². The predicted octanol–water partition coefficient (Wildman–Crippen LogP) is 5.94. The molecule has 198 valence electrons. The van der Waals surface area contributed by atoms with Crippen LogP contribution in [0.2, 0.25) is 0 Å². The highest BCUT2D eigenvalue weighted by molar-refractivity contribution is 5.72. The number of benzene rings is 1. The van der Waals surface area contributed by atoms with E-state index >= 15 is 0 Å². The van der Waals surface area contributed by atoms with Crippen LogP contribution in [0.15, 0.2) is 24.3 Å². The molecule has 0 aliphatic heterocycles. The van der Waals surface area contributed by atoms with E-state index in [0.29, 0.717) is 45.1 Å².